The Morgan fingerprint density at radius 2 is 1.29 bits per heavy atom. The Hall–Kier alpha value is -1.10. The topological polar surface area (TPSA) is 74.6 Å². The van der Waals surface area contributed by atoms with E-state index in [9.17, 15) is 19.8 Å². The normalized spacial score (nSPS) is 12.4. The molecule has 2 N–H and O–H groups in total. The fourth-order valence-electron chi connectivity index (χ4n) is 2.59. The number of hydrogen-bond donors (Lipinski definition) is 2. The van der Waals surface area contributed by atoms with Gasteiger partial charge in [-0.25, -0.2) is 9.59 Å². The van der Waals surface area contributed by atoms with Crippen molar-refractivity contribution in [2.24, 2.45) is 0 Å². The molecule has 0 atom stereocenters. The number of hydrogen-bond acceptors (Lipinski definition) is 2. The van der Waals surface area contributed by atoms with Gasteiger partial charge in [-0.2, -0.15) is 0 Å². The molecule has 0 aliphatic carbocycles. The molecule has 4 nitrogen and oxygen atoms in total. The minimum atomic E-state index is -1.70. The second-order valence-electron chi connectivity index (χ2n) is 5.59. The second kappa shape index (κ2) is 11.5. The van der Waals surface area contributed by atoms with Gasteiger partial charge in [-0.15, -0.1) is 0 Å². The van der Waals surface area contributed by atoms with Crippen LogP contribution in [0.15, 0.2) is 10.8 Å². The van der Waals surface area contributed by atoms with Crippen LogP contribution in [0, 0.1) is 0 Å². The fraction of sp³-hybridized carbons (Fsp3) is 0.750. The van der Waals surface area contributed by atoms with Crippen LogP contribution in [0.1, 0.15) is 65.7 Å². The van der Waals surface area contributed by atoms with Crippen molar-refractivity contribution >= 4 is 20.7 Å². The summed E-state index contributed by atoms with van der Waals surface area (Å²) in [5.41, 5.74) is 0.174. The second-order valence-corrected chi connectivity index (χ2v) is 8.71. The monoisotopic (exact) mass is 314 g/mol. The average molecular weight is 314 g/mol. The summed E-state index contributed by atoms with van der Waals surface area (Å²) >= 11 is 0. The summed E-state index contributed by atoms with van der Waals surface area (Å²) in [6.07, 6.45) is 6.05. The molecule has 0 saturated heterocycles. The maximum Gasteiger partial charge on any atom is 0.331 e. The molecule has 0 spiro atoms. The molecule has 0 bridgehead atoms. The molecule has 0 radical (unpaired) electrons. The molecule has 0 unspecified atom stereocenters. The predicted octanol–water partition coefficient (Wildman–Crippen LogP) is 4.01. The Labute approximate surface area is 129 Å². The highest BCUT2D eigenvalue weighted by Crippen LogP contribution is 2.23. The van der Waals surface area contributed by atoms with Crippen LogP contribution in [0.5, 0.6) is 0 Å². The highest BCUT2D eigenvalue weighted by atomic mass is 28.3. The van der Waals surface area contributed by atoms with Crippen molar-refractivity contribution in [3.63, 3.8) is 0 Å². The van der Waals surface area contributed by atoms with E-state index in [-0.39, 0.29) is 10.8 Å². The van der Waals surface area contributed by atoms with Gasteiger partial charge in [-0.05, 0) is 12.8 Å². The Morgan fingerprint density at radius 3 is 1.62 bits per heavy atom. The third kappa shape index (κ3) is 7.46. The first-order valence-electron chi connectivity index (χ1n) is 8.19. The standard InChI is InChI=1S/C16H30O4Si/c1-4-7-10-13(15(17)18)14(16(19)20)21(11-8-5-2)12-9-6-3/h21H,4-12H2,1-3H3,(H,17,18)(H,19,20)/b14-13+. The van der Waals surface area contributed by atoms with E-state index in [4.69, 9.17) is 0 Å². The quantitative estimate of drug-likeness (QED) is 0.421. The van der Waals surface area contributed by atoms with Crippen molar-refractivity contribution in [1.82, 2.24) is 0 Å². The molecule has 0 rings (SSSR count). The van der Waals surface area contributed by atoms with Crippen LogP contribution in [0.4, 0.5) is 0 Å². The first kappa shape index (κ1) is 19.9. The Bertz CT molecular complexity index is 355. The van der Waals surface area contributed by atoms with Crippen molar-refractivity contribution in [1.29, 1.82) is 0 Å². The van der Waals surface area contributed by atoms with E-state index in [2.05, 4.69) is 13.8 Å². The van der Waals surface area contributed by atoms with E-state index in [1.807, 2.05) is 6.92 Å². The zero-order valence-corrected chi connectivity index (χ0v) is 14.8. The average Bonchev–Trinajstić information content (AvgIpc) is 2.44. The van der Waals surface area contributed by atoms with Gasteiger partial charge in [0.25, 0.3) is 0 Å². The van der Waals surface area contributed by atoms with Gasteiger partial charge in [0.05, 0.1) is 8.80 Å². The van der Waals surface area contributed by atoms with E-state index in [1.54, 1.807) is 0 Å². The van der Waals surface area contributed by atoms with Gasteiger partial charge in [-0.1, -0.05) is 65.0 Å². The molecule has 122 valence electrons. The molecule has 0 aromatic heterocycles. The summed E-state index contributed by atoms with van der Waals surface area (Å²) in [6.45, 7) is 6.16. The highest BCUT2D eigenvalue weighted by Gasteiger charge is 2.27. The van der Waals surface area contributed by atoms with Crippen LogP contribution in [0.2, 0.25) is 12.1 Å². The SMILES string of the molecule is CCCC/C(C(=O)O)=C(/C(=O)O)[SiH](CCCC)CCCC. The van der Waals surface area contributed by atoms with E-state index in [1.165, 1.54) is 0 Å². The minimum Gasteiger partial charge on any atom is -0.478 e. The number of unbranched alkanes of at least 4 members (excludes halogenated alkanes) is 3. The zero-order chi connectivity index (χ0) is 16.3. The molecule has 0 aromatic carbocycles. The lowest BCUT2D eigenvalue weighted by Crippen LogP contribution is -2.26. The number of aliphatic carboxylic acids is 2. The number of rotatable bonds is 12. The van der Waals surface area contributed by atoms with Crippen LogP contribution in [-0.4, -0.2) is 30.9 Å². The molecule has 21 heavy (non-hydrogen) atoms. The molecule has 0 aliphatic rings. The van der Waals surface area contributed by atoms with Crippen LogP contribution >= 0.6 is 0 Å². The molecular formula is C16H30O4Si. The Morgan fingerprint density at radius 1 is 0.810 bits per heavy atom. The van der Waals surface area contributed by atoms with Crippen LogP contribution in [0.25, 0.3) is 0 Å². The molecule has 5 heteroatoms. The molecule has 0 fully saturated rings. The largest absolute Gasteiger partial charge is 0.478 e. The van der Waals surface area contributed by atoms with Crippen molar-refractivity contribution in [2.45, 2.75) is 77.8 Å². The fourth-order valence-corrected chi connectivity index (χ4v) is 6.37. The zero-order valence-electron chi connectivity index (χ0n) is 13.7. The Kier molecular flexibility index (Phi) is 10.9. The lowest BCUT2D eigenvalue weighted by atomic mass is 10.1. The van der Waals surface area contributed by atoms with Crippen molar-refractivity contribution in [3.8, 4) is 0 Å². The third-order valence-electron chi connectivity index (χ3n) is 3.81. The maximum atomic E-state index is 11.7. The molecule has 0 heterocycles. The van der Waals surface area contributed by atoms with Crippen molar-refractivity contribution in [2.75, 3.05) is 0 Å². The van der Waals surface area contributed by atoms with Crippen LogP contribution < -0.4 is 0 Å². The lowest BCUT2D eigenvalue weighted by Gasteiger charge is -2.18. The van der Waals surface area contributed by atoms with Crippen molar-refractivity contribution < 1.29 is 19.8 Å². The van der Waals surface area contributed by atoms with Gasteiger partial charge >= 0.3 is 11.9 Å². The van der Waals surface area contributed by atoms with E-state index in [0.717, 1.165) is 50.6 Å². The van der Waals surface area contributed by atoms with E-state index in [0.29, 0.717) is 6.42 Å². The van der Waals surface area contributed by atoms with Gasteiger partial charge in [0, 0.05) is 10.8 Å². The summed E-state index contributed by atoms with van der Waals surface area (Å²) in [4.78, 5) is 23.2. The van der Waals surface area contributed by atoms with E-state index >= 15 is 0 Å². The summed E-state index contributed by atoms with van der Waals surface area (Å²) in [5, 5.41) is 19.3. The van der Waals surface area contributed by atoms with Gasteiger partial charge in [0.2, 0.25) is 0 Å². The lowest BCUT2D eigenvalue weighted by molar-refractivity contribution is -0.135. The Balaban J connectivity index is 5.48. The molecule has 0 saturated carbocycles. The predicted molar refractivity (Wildman–Crippen MR) is 88.4 cm³/mol. The van der Waals surface area contributed by atoms with Gasteiger partial charge in [0.1, 0.15) is 0 Å². The van der Waals surface area contributed by atoms with Crippen LogP contribution in [0.3, 0.4) is 0 Å². The van der Waals surface area contributed by atoms with Gasteiger partial charge in [-0.3, -0.25) is 0 Å². The summed E-state index contributed by atoms with van der Waals surface area (Å²) in [6, 6.07) is 1.81. The number of carboxylic acids is 2. The van der Waals surface area contributed by atoms with Gasteiger partial charge in [0.15, 0.2) is 0 Å². The molecular weight excluding hydrogens is 284 g/mol. The minimum absolute atomic E-state index is 0.174. The molecule has 0 amide bonds. The van der Waals surface area contributed by atoms with Gasteiger partial charge < -0.3 is 10.2 Å². The first-order valence-corrected chi connectivity index (χ1v) is 10.4. The summed E-state index contributed by atoms with van der Waals surface area (Å²) < 4.78 is 0. The maximum absolute atomic E-state index is 11.7. The smallest absolute Gasteiger partial charge is 0.331 e. The van der Waals surface area contributed by atoms with Crippen molar-refractivity contribution in [3.05, 3.63) is 10.8 Å². The molecule has 0 aromatic rings. The number of carboxylic acid groups (broad SMARTS) is 2. The number of carbonyl (C=O) groups is 2. The van der Waals surface area contributed by atoms with Crippen LogP contribution in [-0.2, 0) is 9.59 Å². The first-order chi connectivity index (χ1) is 9.99. The third-order valence-corrected chi connectivity index (χ3v) is 7.44. The summed E-state index contributed by atoms with van der Waals surface area (Å²) in [5.74, 6) is -2.03. The highest BCUT2D eigenvalue weighted by molar-refractivity contribution is 6.72. The summed E-state index contributed by atoms with van der Waals surface area (Å²) in [7, 11) is -1.70. The van der Waals surface area contributed by atoms with E-state index < -0.39 is 20.7 Å². The molecule has 0 aliphatic heterocycles.